The summed E-state index contributed by atoms with van der Waals surface area (Å²) < 4.78 is 0. The van der Waals surface area contributed by atoms with E-state index in [0.29, 0.717) is 24.6 Å². The molecule has 2 aromatic rings. The number of carbonyl (C=O) groups excluding carboxylic acids is 1. The van der Waals surface area contributed by atoms with Crippen LogP contribution in [0.1, 0.15) is 30.1 Å². The topological polar surface area (TPSA) is 125 Å². The maximum absolute atomic E-state index is 12.7. The van der Waals surface area contributed by atoms with E-state index in [1.165, 1.54) is 12.3 Å². The molecule has 0 bridgehead atoms. The first-order valence-electron chi connectivity index (χ1n) is 7.63. The highest BCUT2D eigenvalue weighted by atomic mass is 35.5. The Kier molecular flexibility index (Phi) is 7.16. The van der Waals surface area contributed by atoms with E-state index in [9.17, 15) is 14.4 Å². The first-order chi connectivity index (χ1) is 11.0. The number of hydrogen-bond acceptors (Lipinski definition) is 5. The minimum absolute atomic E-state index is 0. The number of fused-ring (bicyclic) bond motifs is 1. The van der Waals surface area contributed by atoms with E-state index in [2.05, 4.69) is 21.9 Å². The number of nitrogens with one attached hydrogen (secondary N) is 2. The molecule has 8 nitrogen and oxygen atoms in total. The van der Waals surface area contributed by atoms with Gasteiger partial charge in [0.15, 0.2) is 0 Å². The normalized spacial score (nSPS) is 19.8. The second-order valence-electron chi connectivity index (χ2n) is 6.05. The van der Waals surface area contributed by atoms with Gasteiger partial charge in [0.05, 0.1) is 10.9 Å². The summed E-state index contributed by atoms with van der Waals surface area (Å²) in [4.78, 5) is 46.2. The molecule has 3 rings (SSSR count). The Labute approximate surface area is 156 Å². The minimum atomic E-state index is -0.623. The Bertz CT molecular complexity index is 866. The maximum atomic E-state index is 12.7. The van der Waals surface area contributed by atoms with Crippen molar-refractivity contribution in [2.75, 3.05) is 13.1 Å². The van der Waals surface area contributed by atoms with Gasteiger partial charge in [0.1, 0.15) is 5.65 Å². The number of pyridine rings is 1. The third kappa shape index (κ3) is 4.20. The maximum Gasteiger partial charge on any atom is 0.327 e. The minimum Gasteiger partial charge on any atom is -0.334 e. The summed E-state index contributed by atoms with van der Waals surface area (Å²) in [5, 5.41) is 0.185. The summed E-state index contributed by atoms with van der Waals surface area (Å²) in [6.45, 7) is 3.20. The van der Waals surface area contributed by atoms with Crippen molar-refractivity contribution in [2.45, 2.75) is 25.8 Å². The summed E-state index contributed by atoms with van der Waals surface area (Å²) >= 11 is 0. The molecule has 1 fully saturated rings. The highest BCUT2D eigenvalue weighted by Crippen LogP contribution is 2.23. The number of nitrogens with two attached hydrogens (primary N) is 1. The van der Waals surface area contributed by atoms with Gasteiger partial charge in [0, 0.05) is 25.3 Å². The lowest BCUT2D eigenvalue weighted by Gasteiger charge is -2.38. The number of aromatic amines is 2. The molecule has 1 amide bonds. The second-order valence-corrected chi connectivity index (χ2v) is 6.05. The van der Waals surface area contributed by atoms with Crippen LogP contribution in [-0.2, 0) is 0 Å². The summed E-state index contributed by atoms with van der Waals surface area (Å²) in [6, 6.07) is 1.46. The van der Waals surface area contributed by atoms with Gasteiger partial charge in [-0.15, -0.1) is 24.8 Å². The molecule has 0 aromatic carbocycles. The monoisotopic (exact) mass is 389 g/mol. The Morgan fingerprint density at radius 3 is 2.76 bits per heavy atom. The van der Waals surface area contributed by atoms with Crippen LogP contribution in [0.4, 0.5) is 0 Å². The Hall–Kier alpha value is -1.90. The molecule has 0 aliphatic carbocycles. The molecule has 10 heteroatoms. The molecule has 0 saturated carbocycles. The number of halogens is 2. The zero-order valence-electron chi connectivity index (χ0n) is 13.7. The highest BCUT2D eigenvalue weighted by Gasteiger charge is 2.29. The fourth-order valence-electron chi connectivity index (χ4n) is 3.07. The number of rotatable bonds is 2. The van der Waals surface area contributed by atoms with Crippen molar-refractivity contribution in [3.63, 3.8) is 0 Å². The molecule has 0 spiro atoms. The van der Waals surface area contributed by atoms with E-state index in [1.54, 1.807) is 4.90 Å². The van der Waals surface area contributed by atoms with Crippen LogP contribution >= 0.6 is 24.8 Å². The number of likely N-dealkylation sites (tertiary alicyclic amines) is 1. The van der Waals surface area contributed by atoms with Crippen molar-refractivity contribution in [3.05, 3.63) is 38.7 Å². The van der Waals surface area contributed by atoms with Gasteiger partial charge in [0.2, 0.25) is 0 Å². The van der Waals surface area contributed by atoms with Crippen LogP contribution < -0.4 is 17.0 Å². The third-order valence-electron chi connectivity index (χ3n) is 4.35. The second kappa shape index (κ2) is 8.46. The number of hydrogen-bond donors (Lipinski definition) is 3. The van der Waals surface area contributed by atoms with Crippen molar-refractivity contribution < 1.29 is 4.79 Å². The number of carbonyl (C=O) groups is 1. The summed E-state index contributed by atoms with van der Waals surface area (Å²) in [7, 11) is 0. The molecule has 1 aliphatic rings. The molecule has 138 valence electrons. The van der Waals surface area contributed by atoms with Gasteiger partial charge in [-0.1, -0.05) is 6.92 Å². The van der Waals surface area contributed by atoms with E-state index in [0.717, 1.165) is 12.8 Å². The van der Waals surface area contributed by atoms with Crippen LogP contribution in [0, 0.1) is 5.92 Å². The first kappa shape index (κ1) is 21.1. The van der Waals surface area contributed by atoms with Gasteiger partial charge in [-0.25, -0.2) is 9.78 Å². The predicted molar refractivity (Wildman–Crippen MR) is 99.8 cm³/mol. The highest BCUT2D eigenvalue weighted by molar-refractivity contribution is 5.97. The van der Waals surface area contributed by atoms with Gasteiger partial charge >= 0.3 is 5.69 Å². The van der Waals surface area contributed by atoms with Crippen LogP contribution in [-0.4, -0.2) is 44.9 Å². The molecular weight excluding hydrogens is 369 g/mol. The van der Waals surface area contributed by atoms with E-state index < -0.39 is 11.2 Å². The van der Waals surface area contributed by atoms with Gasteiger partial charge in [-0.2, -0.15) is 0 Å². The van der Waals surface area contributed by atoms with E-state index in [1.807, 2.05) is 0 Å². The lowest BCUT2D eigenvalue weighted by molar-refractivity contribution is 0.0573. The molecule has 2 unspecified atom stereocenters. The van der Waals surface area contributed by atoms with Crippen LogP contribution in [0.25, 0.3) is 11.0 Å². The molecule has 25 heavy (non-hydrogen) atoms. The van der Waals surface area contributed by atoms with Gasteiger partial charge in [-0.3, -0.25) is 19.6 Å². The average Bonchev–Trinajstić information content (AvgIpc) is 2.53. The molecule has 2 atom stereocenters. The van der Waals surface area contributed by atoms with Crippen LogP contribution in [0.2, 0.25) is 0 Å². The van der Waals surface area contributed by atoms with E-state index in [-0.39, 0.29) is 47.8 Å². The van der Waals surface area contributed by atoms with Gasteiger partial charge in [-0.05, 0) is 24.8 Å². The number of nitrogens with zero attached hydrogens (tertiary/aromatic N) is 2. The van der Waals surface area contributed by atoms with Crippen molar-refractivity contribution in [2.24, 2.45) is 11.7 Å². The number of H-pyrrole nitrogens is 2. The average molecular weight is 390 g/mol. The summed E-state index contributed by atoms with van der Waals surface area (Å²) in [5.74, 6) is 0.350. The quantitative estimate of drug-likeness (QED) is 0.695. The summed E-state index contributed by atoms with van der Waals surface area (Å²) in [5.41, 5.74) is 5.10. The standard InChI is InChI=1S/C15H19N5O3.2ClH/c1-8-2-3-20(10(4-8)6-16)14(22)9-5-11-12(17-7-9)18-15(23)19-13(11)21;;/h5,7-8,10H,2-4,6,16H2,1H3,(H2,17,18,19,21,23);2*1H. The Morgan fingerprint density at radius 2 is 2.08 bits per heavy atom. The van der Waals surface area contributed by atoms with Crippen LogP contribution in [0.5, 0.6) is 0 Å². The lowest BCUT2D eigenvalue weighted by Crippen LogP contribution is -2.49. The van der Waals surface area contributed by atoms with Crippen LogP contribution in [0.15, 0.2) is 21.9 Å². The zero-order valence-corrected chi connectivity index (χ0v) is 15.3. The Morgan fingerprint density at radius 1 is 1.36 bits per heavy atom. The molecule has 4 N–H and O–H groups in total. The fraction of sp³-hybridized carbons (Fsp3) is 0.467. The largest absolute Gasteiger partial charge is 0.334 e. The first-order valence-corrected chi connectivity index (χ1v) is 7.63. The summed E-state index contributed by atoms with van der Waals surface area (Å²) in [6.07, 6.45) is 3.18. The van der Waals surface area contributed by atoms with Gasteiger partial charge in [0.25, 0.3) is 11.5 Å². The zero-order chi connectivity index (χ0) is 16.6. The molecule has 1 aliphatic heterocycles. The lowest BCUT2D eigenvalue weighted by atomic mass is 9.92. The van der Waals surface area contributed by atoms with Crippen molar-refractivity contribution in [1.82, 2.24) is 19.9 Å². The molecular formula is C15H21Cl2N5O3. The van der Waals surface area contributed by atoms with Crippen molar-refractivity contribution in [1.29, 1.82) is 0 Å². The molecule has 2 aromatic heterocycles. The Balaban J connectivity index is 0.00000156. The molecule has 3 heterocycles. The third-order valence-corrected chi connectivity index (χ3v) is 4.35. The smallest absolute Gasteiger partial charge is 0.327 e. The number of amides is 1. The van der Waals surface area contributed by atoms with Crippen molar-refractivity contribution >= 4 is 41.8 Å². The predicted octanol–water partition coefficient (Wildman–Crippen LogP) is 0.654. The van der Waals surface area contributed by atoms with E-state index >= 15 is 0 Å². The van der Waals surface area contributed by atoms with Crippen molar-refractivity contribution in [3.8, 4) is 0 Å². The van der Waals surface area contributed by atoms with Gasteiger partial charge < -0.3 is 10.6 Å². The molecule has 0 radical (unpaired) electrons. The SMILES string of the molecule is CC1CCN(C(=O)c2cnc3[nH]c(=O)[nH]c(=O)c3c2)C(CN)C1.Cl.Cl. The number of aromatic nitrogens is 3. The van der Waals surface area contributed by atoms with Crippen LogP contribution in [0.3, 0.4) is 0 Å². The number of piperidine rings is 1. The fourth-order valence-corrected chi connectivity index (χ4v) is 3.07. The molecule has 1 saturated heterocycles. The van der Waals surface area contributed by atoms with E-state index in [4.69, 9.17) is 5.73 Å².